The average Bonchev–Trinajstić information content (AvgIpc) is 3.37. The minimum atomic E-state index is -4.44. The number of benzene rings is 2. The number of nitriles is 1. The molecule has 1 fully saturated rings. The van der Waals surface area contributed by atoms with Crippen molar-refractivity contribution in [2.24, 2.45) is 0 Å². The van der Waals surface area contributed by atoms with Crippen LogP contribution in [0.1, 0.15) is 47.3 Å². The van der Waals surface area contributed by atoms with Crippen LogP contribution in [-0.4, -0.2) is 55.5 Å². The first kappa shape index (κ1) is 30.8. The lowest BCUT2D eigenvalue weighted by atomic mass is 10.1. The first-order chi connectivity index (χ1) is 19.9. The molecule has 9 nitrogen and oxygen atoms in total. The molecule has 1 amide bonds. The van der Waals surface area contributed by atoms with Gasteiger partial charge in [-0.1, -0.05) is 19.1 Å². The van der Waals surface area contributed by atoms with Gasteiger partial charge in [0.2, 0.25) is 0 Å². The SMILES string of the molecule is CCS(=O)(=O)c1ccc(C(CO)NC(=O)c2ccc(N3C[C@H](Oc4ccc(C(F)(F)F)cc4)C[C@H]3CC#N)nc2)cc1. The van der Waals surface area contributed by atoms with Crippen LogP contribution in [-0.2, 0) is 16.0 Å². The van der Waals surface area contributed by atoms with E-state index in [9.17, 15) is 36.8 Å². The van der Waals surface area contributed by atoms with Crippen molar-refractivity contribution in [3.05, 3.63) is 83.6 Å². The van der Waals surface area contributed by atoms with Gasteiger partial charge in [-0.2, -0.15) is 18.4 Å². The number of hydrogen-bond acceptors (Lipinski definition) is 8. The number of aliphatic hydroxyl groups excluding tert-OH is 1. The van der Waals surface area contributed by atoms with Crippen LogP contribution in [0.4, 0.5) is 19.0 Å². The van der Waals surface area contributed by atoms with E-state index in [4.69, 9.17) is 4.74 Å². The molecule has 2 N–H and O–H groups in total. The standard InChI is InChI=1S/C29H29F3N4O5S/c1-2-42(39,40)25-10-3-19(4-11-25)26(18-37)35-28(38)20-5-12-27(34-16-20)36-17-24(15-22(36)13-14-33)41-23-8-6-21(7-9-23)29(30,31)32/h3-12,16,22,24,26,37H,2,13,15,17-18H2,1H3,(H,35,38)/t22-,24-,26?/m1/s1. The summed E-state index contributed by atoms with van der Waals surface area (Å²) in [7, 11) is -3.38. The summed E-state index contributed by atoms with van der Waals surface area (Å²) in [5.41, 5.74) is -0.0267. The molecule has 1 aromatic heterocycles. The topological polar surface area (TPSA) is 133 Å². The van der Waals surface area contributed by atoms with E-state index in [1.807, 2.05) is 4.90 Å². The molecular weight excluding hydrogens is 573 g/mol. The van der Waals surface area contributed by atoms with Crippen molar-refractivity contribution in [3.63, 3.8) is 0 Å². The Hall–Kier alpha value is -4.15. The number of hydrogen-bond donors (Lipinski definition) is 2. The van der Waals surface area contributed by atoms with Crippen LogP contribution in [0, 0.1) is 11.3 Å². The maximum absolute atomic E-state index is 12.9. The Labute approximate surface area is 241 Å². The Morgan fingerprint density at radius 2 is 1.86 bits per heavy atom. The third-order valence-electron chi connectivity index (χ3n) is 7.00. The van der Waals surface area contributed by atoms with Crippen molar-refractivity contribution in [2.45, 2.75) is 49.0 Å². The highest BCUT2D eigenvalue weighted by Gasteiger charge is 2.35. The Balaban J connectivity index is 1.42. The average molecular weight is 603 g/mol. The zero-order valence-corrected chi connectivity index (χ0v) is 23.4. The number of amides is 1. The second kappa shape index (κ2) is 12.8. The number of aromatic nitrogens is 1. The summed E-state index contributed by atoms with van der Waals surface area (Å²) in [6.45, 7) is 1.46. The number of nitrogens with zero attached hydrogens (tertiary/aromatic N) is 3. The maximum atomic E-state index is 12.9. The van der Waals surface area contributed by atoms with Crippen LogP contribution >= 0.6 is 0 Å². The minimum Gasteiger partial charge on any atom is -0.489 e. The number of halogens is 3. The Morgan fingerprint density at radius 1 is 1.17 bits per heavy atom. The van der Waals surface area contributed by atoms with Gasteiger partial charge >= 0.3 is 6.18 Å². The second-order valence-electron chi connectivity index (χ2n) is 9.75. The molecule has 0 spiro atoms. The number of anilines is 1. The third kappa shape index (κ3) is 7.18. The number of pyridine rings is 1. The summed E-state index contributed by atoms with van der Waals surface area (Å²) in [5.74, 6) is 0.232. The molecule has 0 radical (unpaired) electrons. The molecule has 1 saturated heterocycles. The van der Waals surface area contributed by atoms with Gasteiger partial charge in [-0.05, 0) is 54.1 Å². The molecule has 4 rings (SSSR count). The predicted octanol–water partition coefficient (Wildman–Crippen LogP) is 4.30. The molecule has 13 heteroatoms. The summed E-state index contributed by atoms with van der Waals surface area (Å²) in [6.07, 6.45) is -2.85. The maximum Gasteiger partial charge on any atom is 0.416 e. The molecule has 2 aromatic carbocycles. The zero-order valence-electron chi connectivity index (χ0n) is 22.6. The van der Waals surface area contributed by atoms with Gasteiger partial charge in [-0.25, -0.2) is 13.4 Å². The van der Waals surface area contributed by atoms with Crippen LogP contribution in [0.5, 0.6) is 5.75 Å². The lowest BCUT2D eigenvalue weighted by Crippen LogP contribution is -2.32. The summed E-state index contributed by atoms with van der Waals surface area (Å²) in [6, 6.07) is 14.6. The van der Waals surface area contributed by atoms with Crippen LogP contribution in [0.2, 0.25) is 0 Å². The molecule has 42 heavy (non-hydrogen) atoms. The Morgan fingerprint density at radius 3 is 2.40 bits per heavy atom. The Kier molecular flexibility index (Phi) is 9.38. The van der Waals surface area contributed by atoms with Gasteiger partial charge in [0, 0.05) is 18.7 Å². The van der Waals surface area contributed by atoms with E-state index in [1.54, 1.807) is 19.1 Å². The third-order valence-corrected chi connectivity index (χ3v) is 8.75. The van der Waals surface area contributed by atoms with Gasteiger partial charge in [0.15, 0.2) is 9.84 Å². The lowest BCUT2D eigenvalue weighted by Gasteiger charge is -2.23. The van der Waals surface area contributed by atoms with Gasteiger partial charge in [0.25, 0.3) is 5.91 Å². The monoisotopic (exact) mass is 602 g/mol. The Bertz CT molecular complexity index is 1520. The van der Waals surface area contributed by atoms with E-state index >= 15 is 0 Å². The normalized spacial score (nSPS) is 17.9. The van der Waals surface area contributed by atoms with E-state index < -0.39 is 46.2 Å². The number of nitrogens with one attached hydrogen (secondary N) is 1. The molecule has 1 aliphatic heterocycles. The van der Waals surface area contributed by atoms with Crippen molar-refractivity contribution in [1.82, 2.24) is 10.3 Å². The quantitative estimate of drug-likeness (QED) is 0.351. The fourth-order valence-corrected chi connectivity index (χ4v) is 5.58. The number of ether oxygens (including phenoxy) is 1. The predicted molar refractivity (Wildman–Crippen MR) is 148 cm³/mol. The number of aliphatic hydroxyl groups is 1. The summed E-state index contributed by atoms with van der Waals surface area (Å²) < 4.78 is 68.6. The number of sulfone groups is 1. The van der Waals surface area contributed by atoms with Crippen molar-refractivity contribution < 1.29 is 36.2 Å². The van der Waals surface area contributed by atoms with E-state index in [0.717, 1.165) is 12.1 Å². The largest absolute Gasteiger partial charge is 0.489 e. The van der Waals surface area contributed by atoms with Gasteiger partial charge in [-0.15, -0.1) is 0 Å². The first-order valence-electron chi connectivity index (χ1n) is 13.1. The molecule has 0 saturated carbocycles. The van der Waals surface area contributed by atoms with Crippen LogP contribution in [0.15, 0.2) is 71.8 Å². The summed E-state index contributed by atoms with van der Waals surface area (Å²) in [5, 5.41) is 21.9. The number of carbonyl (C=O) groups excluding carboxylic acids is 1. The summed E-state index contributed by atoms with van der Waals surface area (Å²) in [4.78, 5) is 19.3. The van der Waals surface area contributed by atoms with E-state index in [-0.39, 0.29) is 34.4 Å². The smallest absolute Gasteiger partial charge is 0.416 e. The fourth-order valence-electron chi connectivity index (χ4n) is 4.69. The van der Waals surface area contributed by atoms with Crippen molar-refractivity contribution in [3.8, 4) is 11.8 Å². The minimum absolute atomic E-state index is 0.0446. The highest BCUT2D eigenvalue weighted by atomic mass is 32.2. The first-order valence-corrected chi connectivity index (χ1v) is 14.8. The van der Waals surface area contributed by atoms with E-state index in [1.165, 1.54) is 42.6 Å². The number of alkyl halides is 3. The molecule has 1 aliphatic rings. The molecule has 0 aliphatic carbocycles. The highest BCUT2D eigenvalue weighted by Crippen LogP contribution is 2.32. The van der Waals surface area contributed by atoms with Gasteiger partial charge in [0.1, 0.15) is 17.7 Å². The van der Waals surface area contributed by atoms with Crippen molar-refractivity contribution >= 4 is 21.6 Å². The number of carbonyl (C=O) groups is 1. The van der Waals surface area contributed by atoms with Crippen LogP contribution in [0.3, 0.4) is 0 Å². The van der Waals surface area contributed by atoms with Crippen molar-refractivity contribution in [2.75, 3.05) is 23.8 Å². The van der Waals surface area contributed by atoms with Crippen molar-refractivity contribution in [1.29, 1.82) is 5.26 Å². The van der Waals surface area contributed by atoms with Gasteiger partial charge in [0.05, 0.1) is 53.5 Å². The summed E-state index contributed by atoms with van der Waals surface area (Å²) >= 11 is 0. The molecule has 1 unspecified atom stereocenters. The van der Waals surface area contributed by atoms with Gasteiger partial charge in [-0.3, -0.25) is 4.79 Å². The molecule has 0 bridgehead atoms. The molecule has 2 heterocycles. The highest BCUT2D eigenvalue weighted by molar-refractivity contribution is 7.91. The molecule has 3 atom stereocenters. The van der Waals surface area contributed by atoms with Crippen LogP contribution < -0.4 is 15.0 Å². The fraction of sp³-hybridized carbons (Fsp3) is 0.345. The van der Waals surface area contributed by atoms with E-state index in [2.05, 4.69) is 16.4 Å². The van der Waals surface area contributed by atoms with Gasteiger partial charge < -0.3 is 20.1 Å². The molecular formula is C29H29F3N4O5S. The lowest BCUT2D eigenvalue weighted by molar-refractivity contribution is -0.137. The van der Waals surface area contributed by atoms with Crippen LogP contribution in [0.25, 0.3) is 0 Å². The second-order valence-corrected chi connectivity index (χ2v) is 12.0. The molecule has 222 valence electrons. The number of rotatable bonds is 10. The molecule has 3 aromatic rings. The zero-order chi connectivity index (χ0) is 30.5. The van der Waals surface area contributed by atoms with E-state index in [0.29, 0.717) is 24.3 Å².